The Hall–Kier alpha value is -3.09. The average molecular weight is 369 g/mol. The number of carbonyl (C=O) groups excluding carboxylic acids is 1. The van der Waals surface area contributed by atoms with Crippen molar-refractivity contribution in [1.82, 2.24) is 4.90 Å². The van der Waals surface area contributed by atoms with Crippen molar-refractivity contribution in [2.75, 3.05) is 19.0 Å². The molecule has 7 heteroatoms. The van der Waals surface area contributed by atoms with Crippen molar-refractivity contribution in [3.05, 3.63) is 63.7 Å². The molecule has 0 spiro atoms. The number of nitrogens with one attached hydrogen (secondary N) is 1. The van der Waals surface area contributed by atoms with Gasteiger partial charge in [-0.1, -0.05) is 12.1 Å². The molecule has 3 rings (SSSR count). The third-order valence-corrected chi connectivity index (χ3v) is 4.38. The summed E-state index contributed by atoms with van der Waals surface area (Å²) < 4.78 is 5.41. The zero-order chi connectivity index (χ0) is 19.4. The van der Waals surface area contributed by atoms with E-state index in [0.717, 1.165) is 24.2 Å². The molecule has 1 aliphatic rings. The van der Waals surface area contributed by atoms with E-state index in [-0.39, 0.29) is 11.6 Å². The summed E-state index contributed by atoms with van der Waals surface area (Å²) in [5.74, 6) is 0.523. The Balaban J connectivity index is 1.71. The van der Waals surface area contributed by atoms with E-state index in [1.165, 1.54) is 6.07 Å². The predicted molar refractivity (Wildman–Crippen MR) is 103 cm³/mol. The maximum Gasteiger partial charge on any atom is 0.293 e. The minimum atomic E-state index is -0.450. The van der Waals surface area contributed by atoms with Crippen LogP contribution in [-0.4, -0.2) is 35.4 Å². The lowest BCUT2D eigenvalue weighted by Crippen LogP contribution is -2.26. The van der Waals surface area contributed by atoms with Gasteiger partial charge in [-0.2, -0.15) is 0 Å². The van der Waals surface area contributed by atoms with Gasteiger partial charge < -0.3 is 15.0 Å². The quantitative estimate of drug-likeness (QED) is 0.564. The molecular formula is C20H23N3O4. The van der Waals surface area contributed by atoms with Crippen molar-refractivity contribution in [2.24, 2.45) is 0 Å². The molecule has 1 saturated carbocycles. The largest absolute Gasteiger partial charge is 0.494 e. The molecule has 0 radical (unpaired) electrons. The Morgan fingerprint density at radius 2 is 1.96 bits per heavy atom. The fourth-order valence-corrected chi connectivity index (χ4v) is 2.81. The number of benzene rings is 2. The molecule has 27 heavy (non-hydrogen) atoms. The number of amides is 1. The van der Waals surface area contributed by atoms with E-state index in [1.54, 1.807) is 24.1 Å². The summed E-state index contributed by atoms with van der Waals surface area (Å²) in [5, 5.41) is 14.5. The second kappa shape index (κ2) is 8.07. The molecular weight excluding hydrogens is 346 g/mol. The predicted octanol–water partition coefficient (Wildman–Crippen LogP) is 3.84. The molecule has 0 unspecified atom stereocenters. The normalized spacial score (nSPS) is 13.1. The number of rotatable bonds is 8. The zero-order valence-electron chi connectivity index (χ0n) is 15.5. The smallest absolute Gasteiger partial charge is 0.293 e. The SMILES string of the molecule is CCOc1ccc(CN(C)C(=O)c2ccc(NC3CC3)c([N+](=O)[O-])c2)cc1. The summed E-state index contributed by atoms with van der Waals surface area (Å²) >= 11 is 0. The van der Waals surface area contributed by atoms with E-state index >= 15 is 0 Å². The zero-order valence-corrected chi connectivity index (χ0v) is 15.5. The number of ether oxygens (including phenoxy) is 1. The van der Waals surface area contributed by atoms with Crippen LogP contribution in [0.15, 0.2) is 42.5 Å². The van der Waals surface area contributed by atoms with Crippen LogP contribution in [0, 0.1) is 10.1 Å². The standard InChI is InChI=1S/C20H23N3O4/c1-3-27-17-9-4-14(5-10-17)13-22(2)20(24)15-6-11-18(21-16-7-8-16)19(12-15)23(25)26/h4-6,9-12,16,21H,3,7-8,13H2,1-2H3. The molecule has 142 valence electrons. The lowest BCUT2D eigenvalue weighted by Gasteiger charge is -2.18. The van der Waals surface area contributed by atoms with Crippen LogP contribution in [0.1, 0.15) is 35.7 Å². The van der Waals surface area contributed by atoms with Gasteiger partial charge in [-0.05, 0) is 49.6 Å². The average Bonchev–Trinajstić information content (AvgIpc) is 3.47. The summed E-state index contributed by atoms with van der Waals surface area (Å²) in [6.07, 6.45) is 2.03. The number of anilines is 1. The molecule has 1 fully saturated rings. The minimum Gasteiger partial charge on any atom is -0.494 e. The van der Waals surface area contributed by atoms with E-state index in [4.69, 9.17) is 4.74 Å². The first kappa shape index (κ1) is 18.7. The molecule has 1 amide bonds. The van der Waals surface area contributed by atoms with Crippen LogP contribution in [0.3, 0.4) is 0 Å². The Morgan fingerprint density at radius 1 is 1.26 bits per heavy atom. The van der Waals surface area contributed by atoms with E-state index in [9.17, 15) is 14.9 Å². The first-order valence-electron chi connectivity index (χ1n) is 9.00. The lowest BCUT2D eigenvalue weighted by atomic mass is 10.1. The summed E-state index contributed by atoms with van der Waals surface area (Å²) in [7, 11) is 1.68. The molecule has 0 aliphatic heterocycles. The second-order valence-electron chi connectivity index (χ2n) is 6.65. The topological polar surface area (TPSA) is 84.7 Å². The van der Waals surface area contributed by atoms with Crippen molar-refractivity contribution in [2.45, 2.75) is 32.4 Å². The van der Waals surface area contributed by atoms with Crippen LogP contribution < -0.4 is 10.1 Å². The van der Waals surface area contributed by atoms with Crippen molar-refractivity contribution >= 4 is 17.3 Å². The molecule has 2 aromatic rings. The summed E-state index contributed by atoms with van der Waals surface area (Å²) in [4.78, 5) is 25.2. The van der Waals surface area contributed by atoms with E-state index in [0.29, 0.717) is 30.4 Å². The molecule has 0 heterocycles. The number of nitrogens with zero attached hydrogens (tertiary/aromatic N) is 2. The molecule has 2 aromatic carbocycles. The highest BCUT2D eigenvalue weighted by molar-refractivity contribution is 5.95. The van der Waals surface area contributed by atoms with Crippen LogP contribution in [-0.2, 0) is 6.54 Å². The van der Waals surface area contributed by atoms with Gasteiger partial charge in [0.25, 0.3) is 11.6 Å². The van der Waals surface area contributed by atoms with Gasteiger partial charge in [0.2, 0.25) is 0 Å². The number of nitro groups is 1. The molecule has 0 aromatic heterocycles. The van der Waals surface area contributed by atoms with E-state index in [1.807, 2.05) is 31.2 Å². The number of nitro benzene ring substituents is 1. The van der Waals surface area contributed by atoms with Crippen molar-refractivity contribution in [3.8, 4) is 5.75 Å². The maximum absolute atomic E-state index is 12.7. The monoisotopic (exact) mass is 369 g/mol. The molecule has 1 N–H and O–H groups in total. The van der Waals surface area contributed by atoms with Crippen LogP contribution in [0.2, 0.25) is 0 Å². The van der Waals surface area contributed by atoms with Gasteiger partial charge in [-0.25, -0.2) is 0 Å². The van der Waals surface area contributed by atoms with E-state index in [2.05, 4.69) is 5.32 Å². The highest BCUT2D eigenvalue weighted by Crippen LogP contribution is 2.31. The lowest BCUT2D eigenvalue weighted by molar-refractivity contribution is -0.384. The van der Waals surface area contributed by atoms with Gasteiger partial charge >= 0.3 is 0 Å². The van der Waals surface area contributed by atoms with Crippen LogP contribution in [0.25, 0.3) is 0 Å². The molecule has 0 bridgehead atoms. The number of hydrogen-bond acceptors (Lipinski definition) is 5. The first-order valence-corrected chi connectivity index (χ1v) is 9.00. The number of hydrogen-bond donors (Lipinski definition) is 1. The second-order valence-corrected chi connectivity index (χ2v) is 6.65. The fraction of sp³-hybridized carbons (Fsp3) is 0.350. The van der Waals surface area contributed by atoms with Crippen molar-refractivity contribution in [1.29, 1.82) is 0 Å². The third kappa shape index (κ3) is 4.75. The highest BCUT2D eigenvalue weighted by Gasteiger charge is 2.26. The van der Waals surface area contributed by atoms with Crippen molar-refractivity contribution < 1.29 is 14.5 Å². The Morgan fingerprint density at radius 3 is 2.56 bits per heavy atom. The molecule has 7 nitrogen and oxygen atoms in total. The third-order valence-electron chi connectivity index (χ3n) is 4.38. The highest BCUT2D eigenvalue weighted by atomic mass is 16.6. The summed E-state index contributed by atoms with van der Waals surface area (Å²) in [6.45, 7) is 2.92. The Labute approximate surface area is 158 Å². The van der Waals surface area contributed by atoms with Gasteiger partial charge in [0, 0.05) is 31.3 Å². The van der Waals surface area contributed by atoms with Crippen LogP contribution in [0.5, 0.6) is 5.75 Å². The van der Waals surface area contributed by atoms with Crippen LogP contribution >= 0.6 is 0 Å². The first-order chi connectivity index (χ1) is 13.0. The summed E-state index contributed by atoms with van der Waals surface area (Å²) in [5.41, 5.74) is 1.66. The fourth-order valence-electron chi connectivity index (χ4n) is 2.81. The molecule has 0 atom stereocenters. The van der Waals surface area contributed by atoms with Gasteiger partial charge in [-0.15, -0.1) is 0 Å². The van der Waals surface area contributed by atoms with Gasteiger partial charge in [0.1, 0.15) is 11.4 Å². The Bertz CT molecular complexity index is 832. The maximum atomic E-state index is 12.7. The van der Waals surface area contributed by atoms with E-state index < -0.39 is 4.92 Å². The summed E-state index contributed by atoms with van der Waals surface area (Å²) in [6, 6.07) is 12.4. The molecule has 1 aliphatic carbocycles. The van der Waals surface area contributed by atoms with Gasteiger partial charge in [-0.3, -0.25) is 14.9 Å². The number of carbonyl (C=O) groups is 1. The van der Waals surface area contributed by atoms with Gasteiger partial charge in [0.15, 0.2) is 0 Å². The molecule has 0 saturated heterocycles. The Kier molecular flexibility index (Phi) is 5.59. The van der Waals surface area contributed by atoms with Crippen LogP contribution in [0.4, 0.5) is 11.4 Å². The van der Waals surface area contributed by atoms with Gasteiger partial charge in [0.05, 0.1) is 11.5 Å². The minimum absolute atomic E-state index is 0.0674. The van der Waals surface area contributed by atoms with Crippen molar-refractivity contribution in [3.63, 3.8) is 0 Å².